The summed E-state index contributed by atoms with van der Waals surface area (Å²) in [6.07, 6.45) is 0. The second kappa shape index (κ2) is 5.95. The molecule has 0 aliphatic heterocycles. The Kier molecular flexibility index (Phi) is 5.68. The lowest BCUT2D eigenvalue weighted by Crippen LogP contribution is -2.52. The Bertz CT molecular complexity index is 181. The van der Waals surface area contributed by atoms with Crippen molar-refractivity contribution in [1.29, 1.82) is 0 Å². The molecule has 0 bridgehead atoms. The van der Waals surface area contributed by atoms with Crippen LogP contribution in [-0.2, 0) is 4.79 Å². The molecule has 0 fully saturated rings. The molecule has 3 N–H and O–H groups in total. The van der Waals surface area contributed by atoms with Crippen LogP contribution >= 0.6 is 0 Å². The lowest BCUT2D eigenvalue weighted by atomic mass is 10.1. The zero-order valence-corrected chi connectivity index (χ0v) is 9.08. The summed E-state index contributed by atoms with van der Waals surface area (Å²) in [5.74, 6) is -0.0550. The van der Waals surface area contributed by atoms with E-state index in [0.717, 1.165) is 0 Å². The van der Waals surface area contributed by atoms with E-state index in [4.69, 9.17) is 10.2 Å². The van der Waals surface area contributed by atoms with E-state index in [-0.39, 0.29) is 25.7 Å². The highest BCUT2D eigenvalue weighted by Gasteiger charge is 2.22. The van der Waals surface area contributed by atoms with Gasteiger partial charge in [0.05, 0.1) is 25.3 Å². The Labute approximate surface area is 84.7 Å². The monoisotopic (exact) mass is 204 g/mol. The number of carbonyl (C=O) groups excluding carboxylic acids is 1. The van der Waals surface area contributed by atoms with Crippen LogP contribution < -0.4 is 5.32 Å². The normalized spacial score (nSPS) is 11.5. The van der Waals surface area contributed by atoms with Crippen LogP contribution in [0.25, 0.3) is 0 Å². The molecule has 0 saturated carbocycles. The molecule has 1 amide bonds. The Morgan fingerprint density at radius 3 is 2.29 bits per heavy atom. The van der Waals surface area contributed by atoms with Crippen LogP contribution in [-0.4, -0.2) is 59.9 Å². The van der Waals surface area contributed by atoms with Crippen molar-refractivity contribution in [3.8, 4) is 0 Å². The van der Waals surface area contributed by atoms with Gasteiger partial charge in [-0.15, -0.1) is 0 Å². The van der Waals surface area contributed by atoms with Crippen LogP contribution in [0, 0.1) is 0 Å². The van der Waals surface area contributed by atoms with Gasteiger partial charge in [-0.2, -0.15) is 0 Å². The SMILES string of the molecule is CCN(C)C(=O)CNC(C)(CO)CO. The molecule has 5 heteroatoms. The van der Waals surface area contributed by atoms with Gasteiger partial charge in [-0.1, -0.05) is 0 Å². The second-order valence-corrected chi connectivity index (χ2v) is 3.64. The minimum atomic E-state index is -0.787. The van der Waals surface area contributed by atoms with Gasteiger partial charge in [0.1, 0.15) is 0 Å². The third kappa shape index (κ3) is 4.04. The second-order valence-electron chi connectivity index (χ2n) is 3.64. The van der Waals surface area contributed by atoms with Gasteiger partial charge in [0.15, 0.2) is 0 Å². The van der Waals surface area contributed by atoms with E-state index < -0.39 is 5.54 Å². The number of nitrogens with zero attached hydrogens (tertiary/aromatic N) is 1. The molecule has 14 heavy (non-hydrogen) atoms. The maximum atomic E-state index is 11.4. The van der Waals surface area contributed by atoms with Crippen LogP contribution in [0.1, 0.15) is 13.8 Å². The third-order valence-electron chi connectivity index (χ3n) is 2.26. The molecule has 0 saturated heterocycles. The first-order valence-corrected chi connectivity index (χ1v) is 4.69. The van der Waals surface area contributed by atoms with Crippen molar-refractivity contribution in [3.63, 3.8) is 0 Å². The predicted molar refractivity (Wildman–Crippen MR) is 53.9 cm³/mol. The summed E-state index contributed by atoms with van der Waals surface area (Å²) in [7, 11) is 1.71. The fraction of sp³-hybridized carbons (Fsp3) is 0.889. The summed E-state index contributed by atoms with van der Waals surface area (Å²) < 4.78 is 0. The average molecular weight is 204 g/mol. The predicted octanol–water partition coefficient (Wildman–Crippen LogP) is -1.20. The topological polar surface area (TPSA) is 72.8 Å². The Morgan fingerprint density at radius 1 is 1.43 bits per heavy atom. The number of amides is 1. The van der Waals surface area contributed by atoms with E-state index in [1.807, 2.05) is 6.92 Å². The number of carbonyl (C=O) groups is 1. The molecule has 0 rings (SSSR count). The molecule has 0 spiro atoms. The maximum absolute atomic E-state index is 11.4. The molecule has 0 aromatic heterocycles. The molecule has 0 aliphatic rings. The minimum Gasteiger partial charge on any atom is -0.394 e. The molecule has 0 unspecified atom stereocenters. The molecule has 0 radical (unpaired) electrons. The fourth-order valence-electron chi connectivity index (χ4n) is 0.762. The summed E-state index contributed by atoms with van der Waals surface area (Å²) >= 11 is 0. The van der Waals surface area contributed by atoms with E-state index in [2.05, 4.69) is 5.32 Å². The zero-order valence-electron chi connectivity index (χ0n) is 9.08. The van der Waals surface area contributed by atoms with Gasteiger partial charge in [-0.25, -0.2) is 0 Å². The Morgan fingerprint density at radius 2 is 1.93 bits per heavy atom. The van der Waals surface area contributed by atoms with E-state index in [1.165, 1.54) is 0 Å². The van der Waals surface area contributed by atoms with Gasteiger partial charge in [0, 0.05) is 13.6 Å². The van der Waals surface area contributed by atoms with Gasteiger partial charge < -0.3 is 15.1 Å². The maximum Gasteiger partial charge on any atom is 0.236 e. The first-order valence-electron chi connectivity index (χ1n) is 4.69. The number of hydrogen-bond donors (Lipinski definition) is 3. The van der Waals surface area contributed by atoms with Crippen LogP contribution in [0.3, 0.4) is 0 Å². The molecule has 84 valence electrons. The quantitative estimate of drug-likeness (QED) is 0.508. The van der Waals surface area contributed by atoms with Crippen LogP contribution in [0.15, 0.2) is 0 Å². The van der Waals surface area contributed by atoms with Crippen molar-refractivity contribution in [1.82, 2.24) is 10.2 Å². The molecular weight excluding hydrogens is 184 g/mol. The highest BCUT2D eigenvalue weighted by molar-refractivity contribution is 5.78. The van der Waals surface area contributed by atoms with Crippen molar-refractivity contribution < 1.29 is 15.0 Å². The first-order chi connectivity index (χ1) is 6.49. The van der Waals surface area contributed by atoms with Crippen molar-refractivity contribution >= 4 is 5.91 Å². The van der Waals surface area contributed by atoms with Crippen molar-refractivity contribution in [2.45, 2.75) is 19.4 Å². The van der Waals surface area contributed by atoms with Crippen molar-refractivity contribution in [2.24, 2.45) is 0 Å². The van der Waals surface area contributed by atoms with E-state index in [9.17, 15) is 4.79 Å². The third-order valence-corrected chi connectivity index (χ3v) is 2.26. The molecule has 0 aromatic rings. The standard InChI is InChI=1S/C9H20N2O3/c1-4-11(3)8(14)5-10-9(2,6-12)7-13/h10,12-13H,4-7H2,1-3H3. The van der Waals surface area contributed by atoms with Crippen molar-refractivity contribution in [2.75, 3.05) is 33.4 Å². The average Bonchev–Trinajstić information content (AvgIpc) is 2.24. The highest BCUT2D eigenvalue weighted by atomic mass is 16.3. The number of hydrogen-bond acceptors (Lipinski definition) is 4. The lowest BCUT2D eigenvalue weighted by molar-refractivity contribution is -0.129. The highest BCUT2D eigenvalue weighted by Crippen LogP contribution is 1.99. The number of aliphatic hydroxyl groups excluding tert-OH is 2. The van der Waals surface area contributed by atoms with Gasteiger partial charge in [-0.05, 0) is 13.8 Å². The number of rotatable bonds is 6. The van der Waals surface area contributed by atoms with Gasteiger partial charge in [0.2, 0.25) is 5.91 Å². The van der Waals surface area contributed by atoms with Gasteiger partial charge in [0.25, 0.3) is 0 Å². The van der Waals surface area contributed by atoms with Gasteiger partial charge >= 0.3 is 0 Å². The number of aliphatic hydroxyl groups is 2. The summed E-state index contributed by atoms with van der Waals surface area (Å²) in [5, 5.41) is 20.7. The molecular formula is C9H20N2O3. The molecule has 0 atom stereocenters. The van der Waals surface area contributed by atoms with Crippen LogP contribution in [0.2, 0.25) is 0 Å². The smallest absolute Gasteiger partial charge is 0.236 e. The summed E-state index contributed by atoms with van der Waals surface area (Å²) in [6.45, 7) is 3.91. The van der Waals surface area contributed by atoms with E-state index in [1.54, 1.807) is 18.9 Å². The first kappa shape index (κ1) is 13.4. The largest absolute Gasteiger partial charge is 0.394 e. The Balaban J connectivity index is 3.98. The molecule has 0 heterocycles. The summed E-state index contributed by atoms with van der Waals surface area (Å²) in [4.78, 5) is 12.9. The molecule has 0 aliphatic carbocycles. The van der Waals surface area contributed by atoms with Gasteiger partial charge in [-0.3, -0.25) is 10.1 Å². The fourth-order valence-corrected chi connectivity index (χ4v) is 0.762. The summed E-state index contributed by atoms with van der Waals surface area (Å²) in [5.41, 5.74) is -0.787. The molecule has 5 nitrogen and oxygen atoms in total. The minimum absolute atomic E-state index is 0.0550. The number of likely N-dealkylation sites (N-methyl/N-ethyl adjacent to an activating group) is 1. The molecule has 0 aromatic carbocycles. The Hall–Kier alpha value is -0.650. The summed E-state index contributed by atoms with van der Waals surface area (Å²) in [6, 6.07) is 0. The number of nitrogens with one attached hydrogen (secondary N) is 1. The van der Waals surface area contributed by atoms with E-state index in [0.29, 0.717) is 6.54 Å². The van der Waals surface area contributed by atoms with Crippen LogP contribution in [0.5, 0.6) is 0 Å². The van der Waals surface area contributed by atoms with Crippen LogP contribution in [0.4, 0.5) is 0 Å². The van der Waals surface area contributed by atoms with E-state index >= 15 is 0 Å². The van der Waals surface area contributed by atoms with Crippen molar-refractivity contribution in [3.05, 3.63) is 0 Å². The zero-order chi connectivity index (χ0) is 11.2. The lowest BCUT2D eigenvalue weighted by Gasteiger charge is -2.27.